The van der Waals surface area contributed by atoms with Gasteiger partial charge in [-0.3, -0.25) is 9.78 Å². The van der Waals surface area contributed by atoms with E-state index < -0.39 is 12.3 Å². The van der Waals surface area contributed by atoms with Gasteiger partial charge in [0.15, 0.2) is 6.29 Å². The van der Waals surface area contributed by atoms with Gasteiger partial charge in [-0.15, -0.1) is 0 Å². The lowest BCUT2D eigenvalue weighted by Gasteiger charge is -2.29. The second-order valence-electron chi connectivity index (χ2n) is 13.3. The summed E-state index contributed by atoms with van der Waals surface area (Å²) in [6.07, 6.45) is 3.80. The Morgan fingerprint density at radius 2 is 1.85 bits per heavy atom. The number of nitrogens with zero attached hydrogens (tertiary/aromatic N) is 2. The summed E-state index contributed by atoms with van der Waals surface area (Å²) in [5.74, 6) is 1.21. The number of carbonyl (C=O) groups excluding carboxylic acids is 1. The van der Waals surface area contributed by atoms with Crippen LogP contribution in [0.2, 0.25) is 10.0 Å². The van der Waals surface area contributed by atoms with E-state index in [1.807, 2.05) is 43.3 Å². The molecule has 13 heteroatoms. The van der Waals surface area contributed by atoms with Crippen molar-refractivity contribution in [2.24, 2.45) is 0 Å². The lowest BCUT2D eigenvalue weighted by Crippen LogP contribution is -2.49. The van der Waals surface area contributed by atoms with Gasteiger partial charge in [0.05, 0.1) is 33.8 Å². The highest BCUT2D eigenvalue weighted by Gasteiger charge is 2.34. The van der Waals surface area contributed by atoms with Gasteiger partial charge in [0.1, 0.15) is 36.5 Å². The number of benzene rings is 3. The fraction of sp³-hybridized carbons (Fsp3) is 0.375. The molecule has 280 valence electrons. The molecule has 0 radical (unpaired) electrons. The van der Waals surface area contributed by atoms with E-state index in [1.54, 1.807) is 38.2 Å². The van der Waals surface area contributed by atoms with Gasteiger partial charge in [0.25, 0.3) is 0 Å². The molecular formula is C40H45Cl2N5O6. The van der Waals surface area contributed by atoms with Crippen LogP contribution in [0.25, 0.3) is 11.1 Å². The Hall–Kier alpha value is -4.41. The summed E-state index contributed by atoms with van der Waals surface area (Å²) in [6.45, 7) is 7.50. The van der Waals surface area contributed by atoms with E-state index >= 15 is 0 Å². The molecule has 1 unspecified atom stereocenters. The molecule has 0 bridgehead atoms. The maximum Gasteiger partial charge on any atom is 0.217 e. The van der Waals surface area contributed by atoms with Gasteiger partial charge in [-0.1, -0.05) is 59.6 Å². The summed E-state index contributed by atoms with van der Waals surface area (Å²) in [7, 11) is 0. The summed E-state index contributed by atoms with van der Waals surface area (Å²) in [4.78, 5) is 16.1. The van der Waals surface area contributed by atoms with Gasteiger partial charge in [0.2, 0.25) is 5.91 Å². The number of amides is 1. The average molecular weight is 763 g/mol. The quantitative estimate of drug-likeness (QED) is 0.0619. The van der Waals surface area contributed by atoms with Crippen LogP contribution in [0.4, 0.5) is 0 Å². The van der Waals surface area contributed by atoms with Crippen molar-refractivity contribution >= 4 is 29.1 Å². The zero-order valence-electron chi connectivity index (χ0n) is 30.0. The van der Waals surface area contributed by atoms with Crippen molar-refractivity contribution < 1.29 is 29.2 Å². The zero-order chi connectivity index (χ0) is 38.0. The number of halogens is 2. The van der Waals surface area contributed by atoms with Crippen LogP contribution in [0.15, 0.2) is 67.0 Å². The molecule has 2 heterocycles. The predicted octanol–water partition coefficient (Wildman–Crippen LogP) is 6.21. The first-order valence-electron chi connectivity index (χ1n) is 17.5. The second-order valence-corrected chi connectivity index (χ2v) is 14.1. The van der Waals surface area contributed by atoms with Gasteiger partial charge >= 0.3 is 0 Å². The number of hydrogen-bond acceptors (Lipinski definition) is 10. The van der Waals surface area contributed by atoms with Crippen molar-refractivity contribution in [2.75, 3.05) is 19.7 Å². The number of nitrogens with one attached hydrogen (secondary N) is 3. The highest BCUT2D eigenvalue weighted by Crippen LogP contribution is 2.41. The van der Waals surface area contributed by atoms with E-state index in [0.717, 1.165) is 36.1 Å². The van der Waals surface area contributed by atoms with Crippen LogP contribution in [0, 0.1) is 18.3 Å². The third kappa shape index (κ3) is 10.6. The van der Waals surface area contributed by atoms with E-state index in [2.05, 4.69) is 27.0 Å². The van der Waals surface area contributed by atoms with Crippen LogP contribution in [-0.4, -0.2) is 58.7 Å². The van der Waals surface area contributed by atoms with Gasteiger partial charge in [0, 0.05) is 55.2 Å². The predicted molar refractivity (Wildman–Crippen MR) is 204 cm³/mol. The standard InChI is InChI=1S/C40H45Cl2N5O6/c1-25-7-4-5-8-33(25)34-10-9-30(38(37(34)42)51-14-6-11-40(47-27(3)48)12-13-44-24-40)23-53-35-17-32(52-22-29-15-28(18-43)19-45-20-29)16-31(36(35)41)21-46-26(2)39(49)50/h4-5,7-10,15-17,19-20,26,39,44,46,49-50H,6,11-14,21-24H2,1-3H3,(H,47,48)/t26?,40-/m0/s1. The number of aromatic nitrogens is 1. The number of rotatable bonds is 17. The summed E-state index contributed by atoms with van der Waals surface area (Å²) >= 11 is 14.0. The van der Waals surface area contributed by atoms with E-state index in [1.165, 1.54) is 6.20 Å². The van der Waals surface area contributed by atoms with E-state index in [4.69, 9.17) is 37.4 Å². The first kappa shape index (κ1) is 39.8. The molecule has 1 saturated heterocycles. The zero-order valence-corrected chi connectivity index (χ0v) is 31.6. The Balaban J connectivity index is 1.41. The lowest BCUT2D eigenvalue weighted by atomic mass is 9.92. The monoisotopic (exact) mass is 761 g/mol. The molecule has 4 aromatic rings. The smallest absolute Gasteiger partial charge is 0.217 e. The number of aliphatic hydroxyl groups is 2. The maximum absolute atomic E-state index is 12.0. The minimum atomic E-state index is -1.57. The van der Waals surface area contributed by atoms with Crippen LogP contribution in [0.3, 0.4) is 0 Å². The summed E-state index contributed by atoms with van der Waals surface area (Å²) in [5.41, 5.74) is 5.00. The Bertz CT molecular complexity index is 1930. The first-order valence-corrected chi connectivity index (χ1v) is 18.3. The Morgan fingerprint density at radius 1 is 1.04 bits per heavy atom. The van der Waals surface area contributed by atoms with E-state index in [-0.39, 0.29) is 31.2 Å². The van der Waals surface area contributed by atoms with Crippen molar-refractivity contribution in [3.63, 3.8) is 0 Å². The van der Waals surface area contributed by atoms with Gasteiger partial charge in [-0.25, -0.2) is 0 Å². The van der Waals surface area contributed by atoms with Crippen molar-refractivity contribution in [1.29, 1.82) is 5.26 Å². The first-order chi connectivity index (χ1) is 25.5. The van der Waals surface area contributed by atoms with Crippen molar-refractivity contribution in [2.45, 2.75) is 77.7 Å². The molecule has 53 heavy (non-hydrogen) atoms. The van der Waals surface area contributed by atoms with Crippen LogP contribution in [0.5, 0.6) is 17.2 Å². The molecule has 1 fully saturated rings. The highest BCUT2D eigenvalue weighted by atomic mass is 35.5. The lowest BCUT2D eigenvalue weighted by molar-refractivity contribution is -0.120. The van der Waals surface area contributed by atoms with Crippen molar-refractivity contribution in [3.05, 3.63) is 105 Å². The van der Waals surface area contributed by atoms with Gasteiger partial charge in [-0.2, -0.15) is 5.26 Å². The summed E-state index contributed by atoms with van der Waals surface area (Å²) in [6, 6.07) is 18.4. The second kappa shape index (κ2) is 18.6. The molecule has 1 aliphatic heterocycles. The Labute approximate surface area is 320 Å². The average Bonchev–Trinajstić information content (AvgIpc) is 3.60. The molecule has 1 aliphatic rings. The van der Waals surface area contributed by atoms with Gasteiger partial charge < -0.3 is 40.4 Å². The van der Waals surface area contributed by atoms with Crippen LogP contribution < -0.4 is 30.2 Å². The molecule has 1 aromatic heterocycles. The molecule has 5 N–H and O–H groups in total. The largest absolute Gasteiger partial charge is 0.492 e. The minimum Gasteiger partial charge on any atom is -0.492 e. The van der Waals surface area contributed by atoms with Crippen LogP contribution in [-0.2, 0) is 24.6 Å². The molecule has 0 saturated carbocycles. The molecular weight excluding hydrogens is 717 g/mol. The Morgan fingerprint density at radius 3 is 2.57 bits per heavy atom. The number of aryl methyl sites for hydroxylation is 1. The number of nitriles is 1. The molecule has 2 atom stereocenters. The number of pyridine rings is 1. The van der Waals surface area contributed by atoms with E-state index in [9.17, 15) is 20.3 Å². The third-order valence-corrected chi connectivity index (χ3v) is 10.0. The highest BCUT2D eigenvalue weighted by molar-refractivity contribution is 6.35. The molecule has 0 aliphatic carbocycles. The van der Waals surface area contributed by atoms with E-state index in [0.29, 0.717) is 69.1 Å². The molecule has 5 rings (SSSR count). The fourth-order valence-electron chi connectivity index (χ4n) is 6.30. The summed E-state index contributed by atoms with van der Waals surface area (Å²) < 4.78 is 18.9. The molecule has 0 spiro atoms. The molecule has 3 aromatic carbocycles. The van der Waals surface area contributed by atoms with Gasteiger partial charge in [-0.05, 0) is 68.5 Å². The third-order valence-electron chi connectivity index (χ3n) is 9.21. The van der Waals surface area contributed by atoms with Crippen molar-refractivity contribution in [3.8, 4) is 34.4 Å². The SMILES string of the molecule is CC(=O)N[C@@]1(CCCOc2c(COc3cc(OCc4cncc(C#N)c4)cc(CNC(C)C(O)O)c3Cl)ccc(-c3ccccc3C)c2Cl)CCNC1. The number of carbonyl (C=O) groups is 1. The molecule has 11 nitrogen and oxygen atoms in total. The number of aliphatic hydroxyl groups excluding tert-OH is 1. The number of ether oxygens (including phenoxy) is 3. The van der Waals surface area contributed by atoms with Crippen molar-refractivity contribution in [1.82, 2.24) is 20.9 Å². The normalized spacial score (nSPS) is 15.9. The molecule has 1 amide bonds. The van der Waals surface area contributed by atoms with Crippen LogP contribution >= 0.6 is 23.2 Å². The van der Waals surface area contributed by atoms with Crippen LogP contribution in [0.1, 0.15) is 60.9 Å². The maximum atomic E-state index is 12.0. The topological polar surface area (TPSA) is 158 Å². The number of hydrogen-bond donors (Lipinski definition) is 5. The fourth-order valence-corrected chi connectivity index (χ4v) is 6.88. The summed E-state index contributed by atoms with van der Waals surface area (Å²) in [5, 5.41) is 38.8. The minimum absolute atomic E-state index is 0.0544. The Kier molecular flexibility index (Phi) is 13.9.